The fourth-order valence-corrected chi connectivity index (χ4v) is 3.54. The summed E-state index contributed by atoms with van der Waals surface area (Å²) >= 11 is 13.7. The molecule has 0 saturated heterocycles. The highest BCUT2D eigenvalue weighted by Crippen LogP contribution is 2.31. The van der Waals surface area contributed by atoms with Crippen molar-refractivity contribution in [3.8, 4) is 0 Å². The van der Waals surface area contributed by atoms with Crippen molar-refractivity contribution in [2.75, 3.05) is 0 Å². The van der Waals surface area contributed by atoms with E-state index in [1.165, 1.54) is 0 Å². The van der Waals surface area contributed by atoms with Crippen LogP contribution >= 0.6 is 34.5 Å². The molecule has 0 spiro atoms. The van der Waals surface area contributed by atoms with E-state index in [1.807, 2.05) is 18.2 Å². The summed E-state index contributed by atoms with van der Waals surface area (Å²) in [6.07, 6.45) is 0.755. The lowest BCUT2D eigenvalue weighted by Crippen LogP contribution is -2.15. The minimum absolute atomic E-state index is 0.0150. The molecule has 1 heterocycles. The lowest BCUT2D eigenvalue weighted by molar-refractivity contribution is 0.565. The van der Waals surface area contributed by atoms with E-state index in [2.05, 4.69) is 20.8 Å². The van der Waals surface area contributed by atoms with Gasteiger partial charge in [-0.1, -0.05) is 50.0 Å². The highest BCUT2D eigenvalue weighted by Gasteiger charge is 2.22. The Morgan fingerprint density at radius 3 is 2.40 bits per heavy atom. The fourth-order valence-electron chi connectivity index (χ4n) is 2.02. The molecule has 2 nitrogen and oxygen atoms in total. The van der Waals surface area contributed by atoms with Gasteiger partial charge in [0.15, 0.2) is 0 Å². The lowest BCUT2D eigenvalue weighted by Gasteiger charge is -2.16. The maximum atomic E-state index is 6.05. The predicted molar refractivity (Wildman–Crippen MR) is 88.0 cm³/mol. The smallest absolute Gasteiger partial charge is 0.0975 e. The SMILES string of the molecule is CC(C)(C)c1nc(Cc2ccc(Cl)c(Cl)c2)sc1CN. The van der Waals surface area contributed by atoms with Crippen LogP contribution in [0.2, 0.25) is 10.0 Å². The van der Waals surface area contributed by atoms with Crippen LogP contribution in [-0.4, -0.2) is 4.98 Å². The lowest BCUT2D eigenvalue weighted by atomic mass is 9.91. The second-order valence-corrected chi connectivity index (χ2v) is 7.74. The van der Waals surface area contributed by atoms with Crippen LogP contribution in [0, 0.1) is 0 Å². The average Bonchev–Trinajstić information content (AvgIpc) is 2.77. The first-order valence-electron chi connectivity index (χ1n) is 6.44. The van der Waals surface area contributed by atoms with Crippen molar-refractivity contribution in [2.24, 2.45) is 5.73 Å². The van der Waals surface area contributed by atoms with Crippen molar-refractivity contribution in [2.45, 2.75) is 39.2 Å². The third-order valence-corrected chi connectivity index (χ3v) is 4.79. The quantitative estimate of drug-likeness (QED) is 0.879. The van der Waals surface area contributed by atoms with E-state index < -0.39 is 0 Å². The van der Waals surface area contributed by atoms with Crippen LogP contribution in [-0.2, 0) is 18.4 Å². The molecule has 0 aliphatic carbocycles. The van der Waals surface area contributed by atoms with Gasteiger partial charge in [0.1, 0.15) is 0 Å². The number of hydrogen-bond donors (Lipinski definition) is 1. The Balaban J connectivity index is 2.30. The second kappa shape index (κ2) is 6.02. The molecular formula is C15H18Cl2N2S. The first kappa shape index (κ1) is 15.8. The van der Waals surface area contributed by atoms with E-state index in [4.69, 9.17) is 33.9 Å². The van der Waals surface area contributed by atoms with Gasteiger partial charge in [0.05, 0.1) is 20.7 Å². The van der Waals surface area contributed by atoms with E-state index in [-0.39, 0.29) is 5.41 Å². The van der Waals surface area contributed by atoms with Crippen LogP contribution in [0.15, 0.2) is 18.2 Å². The van der Waals surface area contributed by atoms with Crippen molar-refractivity contribution < 1.29 is 0 Å². The van der Waals surface area contributed by atoms with Gasteiger partial charge in [0.2, 0.25) is 0 Å². The Hall–Kier alpha value is -0.610. The van der Waals surface area contributed by atoms with Crippen LogP contribution in [0.4, 0.5) is 0 Å². The van der Waals surface area contributed by atoms with Crippen LogP contribution in [0.3, 0.4) is 0 Å². The number of aromatic nitrogens is 1. The predicted octanol–water partition coefficient (Wildman–Crippen LogP) is 4.80. The molecule has 0 amide bonds. The van der Waals surface area contributed by atoms with Gasteiger partial charge < -0.3 is 5.73 Å². The van der Waals surface area contributed by atoms with E-state index >= 15 is 0 Å². The van der Waals surface area contributed by atoms with E-state index in [1.54, 1.807) is 11.3 Å². The summed E-state index contributed by atoms with van der Waals surface area (Å²) in [6, 6.07) is 5.69. The summed E-state index contributed by atoms with van der Waals surface area (Å²) in [5.41, 5.74) is 8.05. The van der Waals surface area contributed by atoms with E-state index in [0.29, 0.717) is 16.6 Å². The number of benzene rings is 1. The molecule has 2 N–H and O–H groups in total. The van der Waals surface area contributed by atoms with Crippen molar-refractivity contribution in [1.82, 2.24) is 4.98 Å². The van der Waals surface area contributed by atoms with Crippen LogP contribution in [0.25, 0.3) is 0 Å². The molecule has 0 radical (unpaired) electrons. The number of hydrogen-bond acceptors (Lipinski definition) is 3. The Kier molecular flexibility index (Phi) is 4.75. The van der Waals surface area contributed by atoms with Gasteiger partial charge in [-0.2, -0.15) is 0 Å². The molecule has 0 aliphatic heterocycles. The third-order valence-electron chi connectivity index (χ3n) is 2.98. The zero-order valence-electron chi connectivity index (χ0n) is 11.8. The Bertz CT molecular complexity index is 615. The van der Waals surface area contributed by atoms with Gasteiger partial charge in [0, 0.05) is 23.3 Å². The molecule has 2 rings (SSSR count). The summed E-state index contributed by atoms with van der Waals surface area (Å²) in [5, 5.41) is 2.22. The fraction of sp³-hybridized carbons (Fsp3) is 0.400. The molecule has 5 heteroatoms. The number of nitrogens with zero attached hydrogens (tertiary/aromatic N) is 1. The van der Waals surface area contributed by atoms with Crippen molar-refractivity contribution >= 4 is 34.5 Å². The summed E-state index contributed by atoms with van der Waals surface area (Å²) in [6.45, 7) is 7.00. The van der Waals surface area contributed by atoms with Crippen LogP contribution < -0.4 is 5.73 Å². The van der Waals surface area contributed by atoms with Gasteiger partial charge in [-0.25, -0.2) is 4.98 Å². The second-order valence-electron chi connectivity index (χ2n) is 5.76. The summed E-state index contributed by atoms with van der Waals surface area (Å²) < 4.78 is 0. The molecular weight excluding hydrogens is 311 g/mol. The van der Waals surface area contributed by atoms with Crippen molar-refractivity contribution in [3.63, 3.8) is 0 Å². The molecule has 0 unspecified atom stereocenters. The molecule has 0 bridgehead atoms. The van der Waals surface area contributed by atoms with E-state index in [9.17, 15) is 0 Å². The van der Waals surface area contributed by atoms with Gasteiger partial charge in [-0.3, -0.25) is 0 Å². The van der Waals surface area contributed by atoms with Gasteiger partial charge in [0.25, 0.3) is 0 Å². The standard InChI is InChI=1S/C15H18Cl2N2S/c1-15(2,3)14-12(8-18)20-13(19-14)7-9-4-5-10(16)11(17)6-9/h4-6H,7-8,18H2,1-3H3. The Morgan fingerprint density at radius 2 is 1.90 bits per heavy atom. The maximum absolute atomic E-state index is 6.05. The van der Waals surface area contributed by atoms with Gasteiger partial charge in [-0.15, -0.1) is 11.3 Å². The molecule has 0 atom stereocenters. The largest absolute Gasteiger partial charge is 0.326 e. The van der Waals surface area contributed by atoms with Crippen LogP contribution in [0.1, 0.15) is 41.9 Å². The molecule has 0 aliphatic rings. The summed E-state index contributed by atoms with van der Waals surface area (Å²) in [7, 11) is 0. The minimum atomic E-state index is 0.0150. The highest BCUT2D eigenvalue weighted by molar-refractivity contribution is 7.11. The zero-order chi connectivity index (χ0) is 14.9. The number of halogens is 2. The van der Waals surface area contributed by atoms with Gasteiger partial charge >= 0.3 is 0 Å². The zero-order valence-corrected chi connectivity index (χ0v) is 14.2. The van der Waals surface area contributed by atoms with Gasteiger partial charge in [-0.05, 0) is 17.7 Å². The molecule has 0 saturated carbocycles. The van der Waals surface area contributed by atoms with Crippen molar-refractivity contribution in [3.05, 3.63) is 49.4 Å². The number of nitrogens with two attached hydrogens (primary N) is 1. The Labute approximate surface area is 133 Å². The summed E-state index contributed by atoms with van der Waals surface area (Å²) in [4.78, 5) is 5.92. The van der Waals surface area contributed by atoms with Crippen molar-refractivity contribution in [1.29, 1.82) is 0 Å². The minimum Gasteiger partial charge on any atom is -0.326 e. The first-order chi connectivity index (χ1) is 9.31. The maximum Gasteiger partial charge on any atom is 0.0975 e. The molecule has 2 aromatic rings. The number of thiazole rings is 1. The molecule has 1 aromatic heterocycles. The normalized spacial score (nSPS) is 11.9. The molecule has 108 valence electrons. The molecule has 20 heavy (non-hydrogen) atoms. The average molecular weight is 329 g/mol. The topological polar surface area (TPSA) is 38.9 Å². The van der Waals surface area contributed by atoms with E-state index in [0.717, 1.165) is 27.6 Å². The molecule has 1 aromatic carbocycles. The molecule has 0 fully saturated rings. The number of rotatable bonds is 3. The Morgan fingerprint density at radius 1 is 1.20 bits per heavy atom. The summed E-state index contributed by atoms with van der Waals surface area (Å²) in [5.74, 6) is 0. The monoisotopic (exact) mass is 328 g/mol. The third kappa shape index (κ3) is 3.53. The van der Waals surface area contributed by atoms with Crippen LogP contribution in [0.5, 0.6) is 0 Å². The first-order valence-corrected chi connectivity index (χ1v) is 8.01. The highest BCUT2D eigenvalue weighted by atomic mass is 35.5.